The summed E-state index contributed by atoms with van der Waals surface area (Å²) in [7, 11) is 0. The van der Waals surface area contributed by atoms with E-state index in [1.54, 1.807) is 0 Å². The second kappa shape index (κ2) is 11.7. The Bertz CT molecular complexity index is 875. The molecular formula is C23H30ClNO4S2. The van der Waals surface area contributed by atoms with Gasteiger partial charge in [-0.05, 0) is 63.0 Å². The first kappa shape index (κ1) is 24.5. The van der Waals surface area contributed by atoms with Crippen molar-refractivity contribution in [3.8, 4) is 0 Å². The Balaban J connectivity index is 1.53. The number of thiazole rings is 1. The van der Waals surface area contributed by atoms with Crippen LogP contribution < -0.4 is 0 Å². The third-order valence-corrected chi connectivity index (χ3v) is 8.60. The van der Waals surface area contributed by atoms with Crippen molar-refractivity contribution in [1.82, 2.24) is 4.98 Å². The normalized spacial score (nSPS) is 23.3. The highest BCUT2D eigenvalue weighted by molar-refractivity contribution is 7.99. The smallest absolute Gasteiger partial charge is 0.350 e. The van der Waals surface area contributed by atoms with Gasteiger partial charge >= 0.3 is 5.97 Å². The third-order valence-electron chi connectivity index (χ3n) is 5.76. The summed E-state index contributed by atoms with van der Waals surface area (Å²) in [5.74, 6) is 0.895. The van der Waals surface area contributed by atoms with Crippen LogP contribution in [0, 0.1) is 25.7 Å². The average Bonchev–Trinajstić information content (AvgIpc) is 3.31. The minimum Gasteiger partial charge on any atom is -0.459 e. The molecule has 0 spiro atoms. The minimum absolute atomic E-state index is 0.00724. The molecule has 0 amide bonds. The Morgan fingerprint density at radius 2 is 2.16 bits per heavy atom. The highest BCUT2D eigenvalue weighted by Crippen LogP contribution is 2.42. The molecule has 1 aliphatic carbocycles. The largest absolute Gasteiger partial charge is 0.459 e. The Hall–Kier alpha value is -1.12. The highest BCUT2D eigenvalue weighted by atomic mass is 35.5. The molecule has 1 aromatic heterocycles. The molecule has 31 heavy (non-hydrogen) atoms. The van der Waals surface area contributed by atoms with Gasteiger partial charge in [0.25, 0.3) is 0 Å². The second-order valence-corrected chi connectivity index (χ2v) is 10.8. The first-order valence-corrected chi connectivity index (χ1v) is 12.9. The lowest BCUT2D eigenvalue weighted by Crippen LogP contribution is -2.23. The molecule has 0 radical (unpaired) electrons. The van der Waals surface area contributed by atoms with Crippen LogP contribution in [-0.2, 0) is 11.2 Å². The number of benzene rings is 1. The highest BCUT2D eigenvalue weighted by Gasteiger charge is 2.41. The first-order valence-electron chi connectivity index (χ1n) is 10.6. The molecule has 170 valence electrons. The van der Waals surface area contributed by atoms with Crippen LogP contribution in [0.4, 0.5) is 0 Å². The number of carbonyl (C=O) groups excluding carboxylic acids is 1. The van der Waals surface area contributed by atoms with Crippen LogP contribution in [0.25, 0.3) is 0 Å². The number of aromatic nitrogens is 1. The number of esters is 1. The van der Waals surface area contributed by atoms with E-state index in [1.807, 2.05) is 11.8 Å². The van der Waals surface area contributed by atoms with Gasteiger partial charge in [0.15, 0.2) is 0 Å². The fraction of sp³-hybridized carbons (Fsp3) is 0.565. The fourth-order valence-corrected chi connectivity index (χ4v) is 6.87. The summed E-state index contributed by atoms with van der Waals surface area (Å²) in [6.45, 7) is 4.04. The monoisotopic (exact) mass is 483 g/mol. The Morgan fingerprint density at radius 3 is 2.94 bits per heavy atom. The average molecular weight is 484 g/mol. The van der Waals surface area contributed by atoms with Gasteiger partial charge in [0.2, 0.25) is 0 Å². The molecule has 1 aliphatic rings. The number of ether oxygens (including phenoxy) is 1. The van der Waals surface area contributed by atoms with Gasteiger partial charge in [0.05, 0.1) is 23.9 Å². The molecule has 1 aromatic carbocycles. The van der Waals surface area contributed by atoms with E-state index in [0.29, 0.717) is 11.3 Å². The maximum atomic E-state index is 11.8. The summed E-state index contributed by atoms with van der Waals surface area (Å²) in [5.41, 5.74) is 2.52. The third kappa shape index (κ3) is 6.68. The number of thioether (sulfide) groups is 1. The molecule has 8 heteroatoms. The van der Waals surface area contributed by atoms with Crippen molar-refractivity contribution in [2.75, 3.05) is 19.0 Å². The number of aliphatic hydroxyl groups is 2. The standard InChI is InChI=1S/C23H30ClNO4S2/c1-14-6-7-15(2)20(10-14)30-13-17-16(19(27)11-18(17)24)4-3-5-22-25-12-21(31-22)23(28)29-9-8-26/h6-7,10,12,16-19,26-27H,3-5,8-9,11,13H2,1-2H3/t16-,17-,18?,19?/m1/s1. The Morgan fingerprint density at radius 1 is 1.35 bits per heavy atom. The van der Waals surface area contributed by atoms with Crippen LogP contribution in [0.1, 0.15) is 45.1 Å². The molecule has 0 bridgehead atoms. The predicted molar refractivity (Wildman–Crippen MR) is 126 cm³/mol. The summed E-state index contributed by atoms with van der Waals surface area (Å²) >= 11 is 9.79. The summed E-state index contributed by atoms with van der Waals surface area (Å²) in [5, 5.41) is 20.2. The van der Waals surface area contributed by atoms with Gasteiger partial charge in [-0.25, -0.2) is 9.78 Å². The van der Waals surface area contributed by atoms with E-state index in [-0.39, 0.29) is 36.5 Å². The van der Waals surface area contributed by atoms with Gasteiger partial charge in [-0.3, -0.25) is 0 Å². The summed E-state index contributed by atoms with van der Waals surface area (Å²) in [4.78, 5) is 17.9. The first-order chi connectivity index (χ1) is 14.9. The number of rotatable bonds is 10. The van der Waals surface area contributed by atoms with Gasteiger partial charge < -0.3 is 14.9 Å². The molecule has 0 saturated heterocycles. The Labute approximate surface area is 197 Å². The predicted octanol–water partition coefficient (Wildman–Crippen LogP) is 4.63. The molecule has 0 aliphatic heterocycles. The fourth-order valence-electron chi connectivity index (χ4n) is 4.04. The molecule has 1 fully saturated rings. The zero-order valence-electron chi connectivity index (χ0n) is 17.9. The van der Waals surface area contributed by atoms with Crippen LogP contribution in [-0.4, -0.2) is 51.6 Å². The van der Waals surface area contributed by atoms with E-state index in [9.17, 15) is 9.90 Å². The van der Waals surface area contributed by atoms with Crippen molar-refractivity contribution in [2.45, 2.75) is 55.9 Å². The molecule has 5 nitrogen and oxygen atoms in total. The number of hydrogen-bond acceptors (Lipinski definition) is 7. The van der Waals surface area contributed by atoms with Crippen molar-refractivity contribution >= 4 is 40.7 Å². The molecule has 2 aromatic rings. The van der Waals surface area contributed by atoms with E-state index in [4.69, 9.17) is 21.4 Å². The summed E-state index contributed by atoms with van der Waals surface area (Å²) < 4.78 is 4.93. The van der Waals surface area contributed by atoms with Crippen LogP contribution in [0.3, 0.4) is 0 Å². The number of hydrogen-bond donors (Lipinski definition) is 2. The topological polar surface area (TPSA) is 79.7 Å². The van der Waals surface area contributed by atoms with Crippen molar-refractivity contribution in [2.24, 2.45) is 11.8 Å². The lowest BCUT2D eigenvalue weighted by Gasteiger charge is -2.23. The van der Waals surface area contributed by atoms with Crippen molar-refractivity contribution in [1.29, 1.82) is 0 Å². The molecule has 4 atom stereocenters. The van der Waals surface area contributed by atoms with Crippen molar-refractivity contribution < 1.29 is 19.7 Å². The Kier molecular flexibility index (Phi) is 9.22. The van der Waals surface area contributed by atoms with E-state index >= 15 is 0 Å². The van der Waals surface area contributed by atoms with Crippen LogP contribution in [0.5, 0.6) is 0 Å². The number of nitrogens with zero attached hydrogens (tertiary/aromatic N) is 1. The van der Waals surface area contributed by atoms with Gasteiger partial charge in [-0.15, -0.1) is 34.7 Å². The number of halogens is 1. The lowest BCUT2D eigenvalue weighted by atomic mass is 9.91. The number of alkyl halides is 1. The molecule has 3 rings (SSSR count). The van der Waals surface area contributed by atoms with E-state index in [1.165, 1.54) is 33.6 Å². The summed E-state index contributed by atoms with van der Waals surface area (Å²) in [6, 6.07) is 6.50. The van der Waals surface area contributed by atoms with Gasteiger partial charge in [0, 0.05) is 16.0 Å². The number of aliphatic hydroxyl groups excluding tert-OH is 2. The molecule has 2 unspecified atom stereocenters. The maximum absolute atomic E-state index is 11.8. The number of carbonyl (C=O) groups is 1. The van der Waals surface area contributed by atoms with Gasteiger partial charge in [-0.2, -0.15) is 0 Å². The van der Waals surface area contributed by atoms with E-state index in [0.717, 1.165) is 30.0 Å². The number of aryl methyl sites for hydroxylation is 3. The summed E-state index contributed by atoms with van der Waals surface area (Å²) in [6.07, 6.45) is 4.32. The molecule has 2 N–H and O–H groups in total. The second-order valence-electron chi connectivity index (χ2n) is 8.10. The zero-order chi connectivity index (χ0) is 22.4. The molecular weight excluding hydrogens is 454 g/mol. The van der Waals surface area contributed by atoms with Crippen LogP contribution in [0.15, 0.2) is 29.3 Å². The van der Waals surface area contributed by atoms with Crippen LogP contribution in [0.2, 0.25) is 0 Å². The quantitative estimate of drug-likeness (QED) is 0.291. The van der Waals surface area contributed by atoms with Crippen LogP contribution >= 0.6 is 34.7 Å². The lowest BCUT2D eigenvalue weighted by molar-refractivity contribution is 0.0439. The van der Waals surface area contributed by atoms with E-state index in [2.05, 4.69) is 37.0 Å². The zero-order valence-corrected chi connectivity index (χ0v) is 20.3. The van der Waals surface area contributed by atoms with Crippen molar-refractivity contribution in [3.63, 3.8) is 0 Å². The molecule has 1 heterocycles. The van der Waals surface area contributed by atoms with Gasteiger partial charge in [-0.1, -0.05) is 17.7 Å². The van der Waals surface area contributed by atoms with E-state index < -0.39 is 5.97 Å². The molecule has 1 saturated carbocycles. The van der Waals surface area contributed by atoms with Gasteiger partial charge in [0.1, 0.15) is 11.5 Å². The SMILES string of the molecule is Cc1ccc(C)c(SC[C@H]2C(Cl)CC(O)[C@@H]2CCCc2ncc(C(=O)OCCO)s2)c1. The minimum atomic E-state index is -0.447. The maximum Gasteiger partial charge on any atom is 0.350 e. The van der Waals surface area contributed by atoms with Crippen molar-refractivity contribution in [3.05, 3.63) is 45.4 Å².